The lowest BCUT2D eigenvalue weighted by molar-refractivity contribution is 0.0236. The zero-order chi connectivity index (χ0) is 9.57. The second-order valence-corrected chi connectivity index (χ2v) is 3.64. The predicted octanol–water partition coefficient (Wildman–Crippen LogP) is -0.534. The smallest absolute Gasteiger partial charge is 0.0660 e. The minimum Gasteiger partial charge on any atom is -0.396 e. The number of nitrogens with one attached hydrogen (secondary N) is 1. The molecule has 0 bridgehead atoms. The summed E-state index contributed by atoms with van der Waals surface area (Å²) in [6, 6.07) is 0. The van der Waals surface area contributed by atoms with E-state index >= 15 is 0 Å². The lowest BCUT2D eigenvalue weighted by Crippen LogP contribution is -2.56. The Balaban J connectivity index is 2.29. The van der Waals surface area contributed by atoms with E-state index in [1.54, 1.807) is 0 Å². The van der Waals surface area contributed by atoms with Gasteiger partial charge in [0.25, 0.3) is 0 Å². The van der Waals surface area contributed by atoms with Crippen molar-refractivity contribution in [3.05, 3.63) is 0 Å². The van der Waals surface area contributed by atoms with Gasteiger partial charge in [-0.15, -0.1) is 0 Å². The predicted molar refractivity (Wildman–Crippen MR) is 51.5 cm³/mol. The van der Waals surface area contributed by atoms with Crippen LogP contribution in [0.25, 0.3) is 0 Å². The maximum atomic E-state index is 8.65. The Morgan fingerprint density at radius 2 is 2.38 bits per heavy atom. The van der Waals surface area contributed by atoms with Crippen molar-refractivity contribution in [3.63, 3.8) is 0 Å². The number of aliphatic hydroxyl groups excluding tert-OH is 1. The lowest BCUT2D eigenvalue weighted by Gasteiger charge is -2.37. The average molecular weight is 188 g/mol. The molecule has 1 fully saturated rings. The van der Waals surface area contributed by atoms with Gasteiger partial charge in [0.2, 0.25) is 0 Å². The Hall–Kier alpha value is -0.160. The molecule has 1 atom stereocenters. The van der Waals surface area contributed by atoms with Crippen LogP contribution in [0.5, 0.6) is 0 Å². The van der Waals surface area contributed by atoms with Crippen LogP contribution in [0.1, 0.15) is 19.3 Å². The fourth-order valence-electron chi connectivity index (χ4n) is 1.66. The topological polar surface area (TPSA) is 67.5 Å². The molecule has 4 N–H and O–H groups in total. The van der Waals surface area contributed by atoms with Crippen LogP contribution >= 0.6 is 0 Å². The number of hydrogen-bond donors (Lipinski definition) is 3. The molecule has 1 heterocycles. The van der Waals surface area contributed by atoms with E-state index in [-0.39, 0.29) is 12.1 Å². The highest BCUT2D eigenvalue weighted by Crippen LogP contribution is 2.17. The highest BCUT2D eigenvalue weighted by atomic mass is 16.5. The first kappa shape index (κ1) is 10.9. The van der Waals surface area contributed by atoms with Gasteiger partial charge in [0, 0.05) is 19.8 Å². The zero-order valence-corrected chi connectivity index (χ0v) is 8.09. The molecule has 1 saturated heterocycles. The third-order valence-electron chi connectivity index (χ3n) is 2.55. The molecule has 1 aliphatic rings. The van der Waals surface area contributed by atoms with E-state index in [9.17, 15) is 0 Å². The standard InChI is InChI=1S/C9H20N2O2/c10-7-9(11-4-2-5-12)3-1-6-13-8-9/h11-12H,1-8,10H2. The van der Waals surface area contributed by atoms with E-state index in [0.717, 1.165) is 32.4 Å². The highest BCUT2D eigenvalue weighted by molar-refractivity contribution is 4.90. The number of nitrogens with two attached hydrogens (primary N) is 1. The van der Waals surface area contributed by atoms with Crippen LogP contribution < -0.4 is 11.1 Å². The summed E-state index contributed by atoms with van der Waals surface area (Å²) in [7, 11) is 0. The number of ether oxygens (including phenoxy) is 1. The molecular formula is C9H20N2O2. The molecule has 0 aliphatic carbocycles. The van der Waals surface area contributed by atoms with Crippen molar-refractivity contribution in [2.24, 2.45) is 5.73 Å². The largest absolute Gasteiger partial charge is 0.396 e. The third-order valence-corrected chi connectivity index (χ3v) is 2.55. The van der Waals surface area contributed by atoms with Crippen molar-refractivity contribution in [2.45, 2.75) is 24.8 Å². The summed E-state index contributed by atoms with van der Waals surface area (Å²) in [4.78, 5) is 0. The molecule has 1 unspecified atom stereocenters. The second kappa shape index (κ2) is 5.54. The Morgan fingerprint density at radius 1 is 1.54 bits per heavy atom. The van der Waals surface area contributed by atoms with Crippen molar-refractivity contribution < 1.29 is 9.84 Å². The molecule has 0 radical (unpaired) electrons. The van der Waals surface area contributed by atoms with Crippen molar-refractivity contribution in [2.75, 3.05) is 32.9 Å². The summed E-state index contributed by atoms with van der Waals surface area (Å²) < 4.78 is 5.40. The maximum Gasteiger partial charge on any atom is 0.0660 e. The van der Waals surface area contributed by atoms with Crippen LogP contribution in [0.3, 0.4) is 0 Å². The summed E-state index contributed by atoms with van der Waals surface area (Å²) in [5.74, 6) is 0. The molecule has 78 valence electrons. The van der Waals surface area contributed by atoms with Gasteiger partial charge < -0.3 is 20.9 Å². The van der Waals surface area contributed by atoms with Gasteiger partial charge in [-0.05, 0) is 25.8 Å². The molecule has 13 heavy (non-hydrogen) atoms. The quantitative estimate of drug-likeness (QED) is 0.507. The molecule has 0 aromatic heterocycles. The van der Waals surface area contributed by atoms with Crippen molar-refractivity contribution in [3.8, 4) is 0 Å². The zero-order valence-electron chi connectivity index (χ0n) is 8.09. The van der Waals surface area contributed by atoms with Crippen LogP contribution in [-0.2, 0) is 4.74 Å². The molecule has 0 aromatic carbocycles. The fraction of sp³-hybridized carbons (Fsp3) is 1.00. The average Bonchev–Trinajstić information content (AvgIpc) is 2.20. The monoisotopic (exact) mass is 188 g/mol. The molecule has 4 nitrogen and oxygen atoms in total. The van der Waals surface area contributed by atoms with Crippen LogP contribution in [0, 0.1) is 0 Å². The molecular weight excluding hydrogens is 168 g/mol. The Bertz CT molecular complexity index is 136. The SMILES string of the molecule is NCC1(NCCCO)CCCOC1. The first-order valence-corrected chi connectivity index (χ1v) is 4.97. The molecule has 1 aliphatic heterocycles. The Kier molecular flexibility index (Phi) is 4.66. The van der Waals surface area contributed by atoms with Gasteiger partial charge in [0.15, 0.2) is 0 Å². The summed E-state index contributed by atoms with van der Waals surface area (Å²) in [6.45, 7) is 3.21. The van der Waals surface area contributed by atoms with Crippen LogP contribution in [0.15, 0.2) is 0 Å². The Labute approximate surface area is 79.5 Å². The first-order chi connectivity index (χ1) is 6.33. The van der Waals surface area contributed by atoms with Crippen molar-refractivity contribution >= 4 is 0 Å². The summed E-state index contributed by atoms with van der Waals surface area (Å²) in [5, 5.41) is 12.0. The maximum absolute atomic E-state index is 8.65. The van der Waals surface area contributed by atoms with E-state index in [1.165, 1.54) is 0 Å². The minimum atomic E-state index is -0.0343. The van der Waals surface area contributed by atoms with Gasteiger partial charge in [0.05, 0.1) is 12.1 Å². The van der Waals surface area contributed by atoms with Crippen molar-refractivity contribution in [1.82, 2.24) is 5.32 Å². The normalized spacial score (nSPS) is 29.1. The van der Waals surface area contributed by atoms with E-state index < -0.39 is 0 Å². The van der Waals surface area contributed by atoms with Gasteiger partial charge in [-0.3, -0.25) is 0 Å². The molecule has 4 heteroatoms. The summed E-state index contributed by atoms with van der Waals surface area (Å²) in [6.07, 6.45) is 2.93. The fourth-order valence-corrected chi connectivity index (χ4v) is 1.66. The minimum absolute atomic E-state index is 0.0343. The Morgan fingerprint density at radius 3 is 2.92 bits per heavy atom. The van der Waals surface area contributed by atoms with Crippen LogP contribution in [0.2, 0.25) is 0 Å². The van der Waals surface area contributed by atoms with Crippen LogP contribution in [0.4, 0.5) is 0 Å². The van der Waals surface area contributed by atoms with E-state index in [1.807, 2.05) is 0 Å². The van der Waals surface area contributed by atoms with E-state index in [0.29, 0.717) is 13.2 Å². The molecule has 0 spiro atoms. The first-order valence-electron chi connectivity index (χ1n) is 4.97. The van der Waals surface area contributed by atoms with Crippen LogP contribution in [-0.4, -0.2) is 43.6 Å². The number of rotatable bonds is 5. The molecule has 0 aromatic rings. The van der Waals surface area contributed by atoms with E-state index in [4.69, 9.17) is 15.6 Å². The number of aliphatic hydroxyl groups is 1. The van der Waals surface area contributed by atoms with Gasteiger partial charge in [-0.1, -0.05) is 0 Å². The van der Waals surface area contributed by atoms with Gasteiger partial charge in [-0.2, -0.15) is 0 Å². The molecule has 1 rings (SSSR count). The van der Waals surface area contributed by atoms with Crippen molar-refractivity contribution in [1.29, 1.82) is 0 Å². The molecule has 0 saturated carbocycles. The van der Waals surface area contributed by atoms with Gasteiger partial charge in [0.1, 0.15) is 0 Å². The second-order valence-electron chi connectivity index (χ2n) is 3.64. The third kappa shape index (κ3) is 3.23. The molecule has 0 amide bonds. The summed E-state index contributed by atoms with van der Waals surface area (Å²) in [5.41, 5.74) is 5.68. The van der Waals surface area contributed by atoms with Gasteiger partial charge >= 0.3 is 0 Å². The highest BCUT2D eigenvalue weighted by Gasteiger charge is 2.30. The van der Waals surface area contributed by atoms with Gasteiger partial charge in [-0.25, -0.2) is 0 Å². The summed E-state index contributed by atoms with van der Waals surface area (Å²) >= 11 is 0. The van der Waals surface area contributed by atoms with E-state index in [2.05, 4.69) is 5.32 Å². The lowest BCUT2D eigenvalue weighted by atomic mass is 9.92. The number of hydrogen-bond acceptors (Lipinski definition) is 4.